The van der Waals surface area contributed by atoms with Gasteiger partial charge in [0.1, 0.15) is 12.4 Å². The fraction of sp³-hybridized carbons (Fsp3) is 0.188. The van der Waals surface area contributed by atoms with E-state index >= 15 is 0 Å². The fourth-order valence-electron chi connectivity index (χ4n) is 1.79. The fourth-order valence-corrected chi connectivity index (χ4v) is 1.79. The molecule has 0 amide bonds. The number of carbonyl (C=O) groups is 1. The van der Waals surface area contributed by atoms with Gasteiger partial charge >= 0.3 is 5.97 Å². The van der Waals surface area contributed by atoms with Gasteiger partial charge in [-0.05, 0) is 48.7 Å². The molecule has 0 radical (unpaired) electrons. The summed E-state index contributed by atoms with van der Waals surface area (Å²) in [7, 11) is 0. The lowest BCUT2D eigenvalue weighted by molar-refractivity contribution is 0.0697. The summed E-state index contributed by atoms with van der Waals surface area (Å²) in [5.74, 6) is -0.0516. The number of hydrogen-bond donors (Lipinski definition) is 1. The van der Waals surface area contributed by atoms with Gasteiger partial charge < -0.3 is 9.84 Å². The monoisotopic (exact) mass is 256 g/mol. The van der Waals surface area contributed by atoms with Crippen molar-refractivity contribution in [1.82, 2.24) is 0 Å². The zero-order chi connectivity index (χ0) is 13.8. The first-order chi connectivity index (χ1) is 9.08. The second kappa shape index (κ2) is 5.57. The maximum absolute atomic E-state index is 10.7. The molecule has 0 atom stereocenters. The molecule has 0 aliphatic rings. The zero-order valence-electron chi connectivity index (χ0n) is 11.0. The number of ether oxygens (including phenoxy) is 1. The van der Waals surface area contributed by atoms with Gasteiger partial charge in [-0.2, -0.15) is 0 Å². The number of hydrogen-bond acceptors (Lipinski definition) is 2. The topological polar surface area (TPSA) is 46.5 Å². The Kier molecular flexibility index (Phi) is 3.85. The van der Waals surface area contributed by atoms with E-state index in [1.807, 2.05) is 32.0 Å². The minimum atomic E-state index is -0.915. The van der Waals surface area contributed by atoms with Gasteiger partial charge in [-0.15, -0.1) is 0 Å². The molecule has 2 rings (SSSR count). The minimum absolute atomic E-state index is 0.287. The average Bonchev–Trinajstić information content (AvgIpc) is 2.41. The highest BCUT2D eigenvalue weighted by Crippen LogP contribution is 2.21. The minimum Gasteiger partial charge on any atom is -0.489 e. The number of carboxylic acid groups (broad SMARTS) is 1. The SMILES string of the molecule is Cc1cccc(OCc2ccc(C(=O)O)cc2)c1C. The maximum Gasteiger partial charge on any atom is 0.335 e. The molecule has 3 nitrogen and oxygen atoms in total. The quantitative estimate of drug-likeness (QED) is 0.909. The lowest BCUT2D eigenvalue weighted by Crippen LogP contribution is -2.00. The lowest BCUT2D eigenvalue weighted by Gasteiger charge is -2.11. The summed E-state index contributed by atoms with van der Waals surface area (Å²) in [4.78, 5) is 10.7. The summed E-state index contributed by atoms with van der Waals surface area (Å²) in [5.41, 5.74) is 3.56. The molecular formula is C16H16O3. The molecule has 1 N–H and O–H groups in total. The predicted molar refractivity (Wildman–Crippen MR) is 73.6 cm³/mol. The van der Waals surface area contributed by atoms with E-state index in [0.717, 1.165) is 16.9 Å². The largest absolute Gasteiger partial charge is 0.489 e. The number of aromatic carboxylic acids is 1. The number of benzene rings is 2. The Morgan fingerprint density at radius 2 is 1.79 bits per heavy atom. The van der Waals surface area contributed by atoms with Crippen LogP contribution < -0.4 is 4.74 Å². The smallest absolute Gasteiger partial charge is 0.335 e. The molecule has 0 aliphatic carbocycles. The van der Waals surface area contributed by atoms with Gasteiger partial charge in [0.15, 0.2) is 0 Å². The van der Waals surface area contributed by atoms with E-state index in [0.29, 0.717) is 6.61 Å². The second-order valence-electron chi connectivity index (χ2n) is 4.49. The highest BCUT2D eigenvalue weighted by atomic mass is 16.5. The van der Waals surface area contributed by atoms with Crippen LogP contribution in [0.2, 0.25) is 0 Å². The molecule has 0 unspecified atom stereocenters. The summed E-state index contributed by atoms with van der Waals surface area (Å²) in [6.45, 7) is 4.51. The van der Waals surface area contributed by atoms with E-state index in [1.165, 1.54) is 5.56 Å². The van der Waals surface area contributed by atoms with Crippen LogP contribution in [0.15, 0.2) is 42.5 Å². The first-order valence-electron chi connectivity index (χ1n) is 6.09. The number of aryl methyl sites for hydroxylation is 1. The van der Waals surface area contributed by atoms with Crippen molar-refractivity contribution in [3.8, 4) is 5.75 Å². The van der Waals surface area contributed by atoms with Gasteiger partial charge in [0, 0.05) is 0 Å². The highest BCUT2D eigenvalue weighted by Gasteiger charge is 2.04. The van der Waals surface area contributed by atoms with Crippen molar-refractivity contribution in [2.24, 2.45) is 0 Å². The average molecular weight is 256 g/mol. The van der Waals surface area contributed by atoms with Gasteiger partial charge in [0.05, 0.1) is 5.56 Å². The van der Waals surface area contributed by atoms with Crippen LogP contribution in [0.5, 0.6) is 5.75 Å². The molecule has 2 aromatic rings. The van der Waals surface area contributed by atoms with Gasteiger partial charge in [0.25, 0.3) is 0 Å². The van der Waals surface area contributed by atoms with Crippen molar-refractivity contribution in [2.45, 2.75) is 20.5 Å². The molecule has 19 heavy (non-hydrogen) atoms. The van der Waals surface area contributed by atoms with E-state index in [4.69, 9.17) is 9.84 Å². The van der Waals surface area contributed by atoms with E-state index in [9.17, 15) is 4.79 Å². The third-order valence-corrected chi connectivity index (χ3v) is 3.15. The molecule has 0 spiro atoms. The van der Waals surface area contributed by atoms with Crippen molar-refractivity contribution >= 4 is 5.97 Å². The number of carboxylic acids is 1. The third kappa shape index (κ3) is 3.13. The molecule has 2 aromatic carbocycles. The Hall–Kier alpha value is -2.29. The van der Waals surface area contributed by atoms with Gasteiger partial charge in [-0.25, -0.2) is 4.79 Å². The molecule has 0 aliphatic heterocycles. The Morgan fingerprint density at radius 3 is 2.42 bits per heavy atom. The standard InChI is InChI=1S/C16H16O3/c1-11-4-3-5-15(12(11)2)19-10-13-6-8-14(9-7-13)16(17)18/h3-9H,10H2,1-2H3,(H,17,18). The maximum atomic E-state index is 10.7. The van der Waals surface area contributed by atoms with E-state index in [1.54, 1.807) is 24.3 Å². The van der Waals surface area contributed by atoms with Crippen molar-refractivity contribution in [2.75, 3.05) is 0 Å². The third-order valence-electron chi connectivity index (χ3n) is 3.15. The van der Waals surface area contributed by atoms with Crippen LogP contribution in [0.3, 0.4) is 0 Å². The summed E-state index contributed by atoms with van der Waals surface area (Å²) < 4.78 is 5.76. The normalized spacial score (nSPS) is 10.2. The Morgan fingerprint density at radius 1 is 1.11 bits per heavy atom. The van der Waals surface area contributed by atoms with Crippen LogP contribution in [0, 0.1) is 13.8 Å². The summed E-state index contributed by atoms with van der Waals surface area (Å²) in [6, 6.07) is 12.7. The second-order valence-corrected chi connectivity index (χ2v) is 4.49. The molecule has 0 bridgehead atoms. The molecule has 0 fully saturated rings. The summed E-state index contributed by atoms with van der Waals surface area (Å²) >= 11 is 0. The summed E-state index contributed by atoms with van der Waals surface area (Å²) in [5, 5.41) is 8.82. The van der Waals surface area contributed by atoms with Crippen molar-refractivity contribution in [3.05, 3.63) is 64.7 Å². The molecule has 98 valence electrons. The molecular weight excluding hydrogens is 240 g/mol. The van der Waals surface area contributed by atoms with Gasteiger partial charge in [-0.1, -0.05) is 24.3 Å². The molecule has 0 saturated heterocycles. The van der Waals surface area contributed by atoms with E-state index in [-0.39, 0.29) is 5.56 Å². The highest BCUT2D eigenvalue weighted by molar-refractivity contribution is 5.87. The molecule has 0 heterocycles. The summed E-state index contributed by atoms with van der Waals surface area (Å²) in [6.07, 6.45) is 0. The van der Waals surface area contributed by atoms with Crippen molar-refractivity contribution in [1.29, 1.82) is 0 Å². The van der Waals surface area contributed by atoms with Gasteiger partial charge in [-0.3, -0.25) is 0 Å². The zero-order valence-corrected chi connectivity index (χ0v) is 11.0. The van der Waals surface area contributed by atoms with Crippen LogP contribution in [0.4, 0.5) is 0 Å². The van der Waals surface area contributed by atoms with E-state index in [2.05, 4.69) is 0 Å². The van der Waals surface area contributed by atoms with Crippen LogP contribution in [0.25, 0.3) is 0 Å². The number of rotatable bonds is 4. The first kappa shape index (κ1) is 13.1. The van der Waals surface area contributed by atoms with Crippen LogP contribution >= 0.6 is 0 Å². The molecule has 3 heteroatoms. The molecule has 0 aromatic heterocycles. The first-order valence-corrected chi connectivity index (χ1v) is 6.09. The van der Waals surface area contributed by atoms with Crippen LogP contribution in [0.1, 0.15) is 27.0 Å². The van der Waals surface area contributed by atoms with Crippen molar-refractivity contribution in [3.63, 3.8) is 0 Å². The molecule has 0 saturated carbocycles. The van der Waals surface area contributed by atoms with E-state index < -0.39 is 5.97 Å². The predicted octanol–water partition coefficient (Wildman–Crippen LogP) is 3.58. The Labute approximate surface area is 112 Å². The Bertz CT molecular complexity index is 585. The van der Waals surface area contributed by atoms with Crippen molar-refractivity contribution < 1.29 is 14.6 Å². The van der Waals surface area contributed by atoms with Crippen LogP contribution in [-0.2, 0) is 6.61 Å². The lowest BCUT2D eigenvalue weighted by atomic mass is 10.1. The van der Waals surface area contributed by atoms with Gasteiger partial charge in [0.2, 0.25) is 0 Å². The van der Waals surface area contributed by atoms with Crippen LogP contribution in [-0.4, -0.2) is 11.1 Å². The Balaban J connectivity index is 2.06.